The van der Waals surface area contributed by atoms with Crippen LogP contribution in [0.25, 0.3) is 0 Å². The molecule has 0 atom stereocenters. The van der Waals surface area contributed by atoms with Crippen LogP contribution in [-0.4, -0.2) is 25.2 Å². The Morgan fingerprint density at radius 3 is 2.70 bits per heavy atom. The van der Waals surface area contributed by atoms with Crippen molar-refractivity contribution in [2.24, 2.45) is 5.92 Å². The molecule has 124 valence electrons. The Labute approximate surface area is 135 Å². The number of rotatable bonds is 5. The van der Waals surface area contributed by atoms with Crippen molar-refractivity contribution >= 4 is 17.5 Å². The number of benzene rings is 1. The summed E-state index contributed by atoms with van der Waals surface area (Å²) in [5, 5.41) is 5.67. The van der Waals surface area contributed by atoms with E-state index in [-0.39, 0.29) is 30.9 Å². The summed E-state index contributed by atoms with van der Waals surface area (Å²) in [6.45, 7) is 0.575. The number of carbonyl (C=O) groups is 2. The first kappa shape index (κ1) is 15.6. The molecule has 2 aliphatic rings. The third kappa shape index (κ3) is 4.15. The van der Waals surface area contributed by atoms with Crippen LogP contribution in [0.2, 0.25) is 0 Å². The highest BCUT2D eigenvalue weighted by Crippen LogP contribution is 2.34. The van der Waals surface area contributed by atoms with Gasteiger partial charge in [-0.05, 0) is 25.0 Å². The second-order valence-corrected chi connectivity index (χ2v) is 5.99. The second-order valence-electron chi connectivity index (χ2n) is 5.99. The molecule has 0 saturated heterocycles. The Morgan fingerprint density at radius 2 is 1.87 bits per heavy atom. The molecule has 2 N–H and O–H groups in total. The molecule has 0 spiro atoms. The summed E-state index contributed by atoms with van der Waals surface area (Å²) in [6.07, 6.45) is 5.67. The number of anilines is 1. The van der Waals surface area contributed by atoms with Crippen LogP contribution in [0.15, 0.2) is 18.2 Å². The molecule has 0 aromatic heterocycles. The molecule has 1 fully saturated rings. The lowest BCUT2D eigenvalue weighted by atomic mass is 9.89. The molecule has 1 aromatic rings. The van der Waals surface area contributed by atoms with E-state index in [1.807, 2.05) is 0 Å². The lowest BCUT2D eigenvalue weighted by Gasteiger charge is -2.20. The average Bonchev–Trinajstić information content (AvgIpc) is 3.03. The Hall–Kier alpha value is -2.24. The van der Waals surface area contributed by atoms with E-state index < -0.39 is 0 Å². The number of nitrogens with one attached hydrogen (secondary N) is 2. The molecule has 0 bridgehead atoms. The van der Waals surface area contributed by atoms with Crippen molar-refractivity contribution in [3.63, 3.8) is 0 Å². The van der Waals surface area contributed by atoms with Crippen molar-refractivity contribution < 1.29 is 19.1 Å². The third-order valence-corrected chi connectivity index (χ3v) is 4.28. The molecule has 0 radical (unpaired) electrons. The first-order chi connectivity index (χ1) is 11.2. The van der Waals surface area contributed by atoms with Crippen LogP contribution in [0.3, 0.4) is 0 Å². The lowest BCUT2D eigenvalue weighted by molar-refractivity contribution is -0.126. The Bertz CT molecular complexity index is 582. The van der Waals surface area contributed by atoms with Gasteiger partial charge < -0.3 is 20.1 Å². The van der Waals surface area contributed by atoms with E-state index >= 15 is 0 Å². The van der Waals surface area contributed by atoms with Crippen LogP contribution in [0.4, 0.5) is 5.69 Å². The summed E-state index contributed by atoms with van der Waals surface area (Å²) in [5.74, 6) is 1.39. The van der Waals surface area contributed by atoms with Crippen LogP contribution >= 0.6 is 0 Å². The summed E-state index contributed by atoms with van der Waals surface area (Å²) in [4.78, 5) is 23.9. The number of fused-ring (bicyclic) bond motifs is 1. The summed E-state index contributed by atoms with van der Waals surface area (Å²) < 4.78 is 10.5. The number of amides is 2. The van der Waals surface area contributed by atoms with E-state index in [4.69, 9.17) is 9.47 Å². The first-order valence-corrected chi connectivity index (χ1v) is 8.19. The van der Waals surface area contributed by atoms with Gasteiger partial charge in [0.1, 0.15) is 0 Å². The molecule has 2 amide bonds. The maximum absolute atomic E-state index is 12.0. The van der Waals surface area contributed by atoms with Crippen LogP contribution in [0.5, 0.6) is 11.5 Å². The maximum Gasteiger partial charge on any atom is 0.231 e. The van der Waals surface area contributed by atoms with E-state index in [2.05, 4.69) is 10.6 Å². The summed E-state index contributed by atoms with van der Waals surface area (Å²) in [6, 6.07) is 5.27. The van der Waals surface area contributed by atoms with E-state index in [1.54, 1.807) is 18.2 Å². The minimum Gasteiger partial charge on any atom is -0.454 e. The molecule has 1 aliphatic heterocycles. The van der Waals surface area contributed by atoms with Crippen LogP contribution in [0, 0.1) is 5.92 Å². The number of hydrogen-bond acceptors (Lipinski definition) is 4. The summed E-state index contributed by atoms with van der Waals surface area (Å²) in [5.41, 5.74) is 0.665. The Balaban J connectivity index is 1.40. The van der Waals surface area contributed by atoms with E-state index in [0.717, 1.165) is 25.7 Å². The maximum atomic E-state index is 12.0. The van der Waals surface area contributed by atoms with Gasteiger partial charge in [-0.25, -0.2) is 0 Å². The van der Waals surface area contributed by atoms with Crippen LogP contribution in [0.1, 0.15) is 38.5 Å². The molecule has 0 unspecified atom stereocenters. The largest absolute Gasteiger partial charge is 0.454 e. The van der Waals surface area contributed by atoms with Gasteiger partial charge in [0.25, 0.3) is 0 Å². The molecular weight excluding hydrogens is 296 g/mol. The highest BCUT2D eigenvalue weighted by Gasteiger charge is 2.20. The van der Waals surface area contributed by atoms with Crippen LogP contribution in [-0.2, 0) is 9.59 Å². The van der Waals surface area contributed by atoms with Crippen molar-refractivity contribution in [3.8, 4) is 11.5 Å². The van der Waals surface area contributed by atoms with Gasteiger partial charge in [-0.1, -0.05) is 19.3 Å². The van der Waals surface area contributed by atoms with Gasteiger partial charge in [-0.3, -0.25) is 9.59 Å². The lowest BCUT2D eigenvalue weighted by Crippen LogP contribution is -2.34. The monoisotopic (exact) mass is 318 g/mol. The van der Waals surface area contributed by atoms with Crippen molar-refractivity contribution in [3.05, 3.63) is 18.2 Å². The number of ether oxygens (including phenoxy) is 2. The van der Waals surface area contributed by atoms with Crippen molar-refractivity contribution in [2.75, 3.05) is 18.7 Å². The number of carbonyl (C=O) groups excluding carboxylic acids is 2. The van der Waals surface area contributed by atoms with E-state index in [1.165, 1.54) is 6.42 Å². The quantitative estimate of drug-likeness (QED) is 0.874. The fourth-order valence-electron chi connectivity index (χ4n) is 3.01. The summed E-state index contributed by atoms with van der Waals surface area (Å²) in [7, 11) is 0. The van der Waals surface area contributed by atoms with Crippen molar-refractivity contribution in [2.45, 2.75) is 38.5 Å². The Morgan fingerprint density at radius 1 is 1.09 bits per heavy atom. The standard InChI is InChI=1S/C17H22N2O4/c20-16(8-9-18-17(21)12-4-2-1-3-5-12)19-13-6-7-14-15(10-13)23-11-22-14/h6-7,10,12H,1-5,8-9,11H2,(H,18,21)(H,19,20). The van der Waals surface area contributed by atoms with E-state index in [0.29, 0.717) is 23.7 Å². The highest BCUT2D eigenvalue weighted by molar-refractivity contribution is 5.91. The molecular formula is C17H22N2O4. The molecule has 1 saturated carbocycles. The van der Waals surface area contributed by atoms with Gasteiger partial charge in [-0.15, -0.1) is 0 Å². The third-order valence-electron chi connectivity index (χ3n) is 4.28. The molecule has 1 aromatic carbocycles. The molecule has 23 heavy (non-hydrogen) atoms. The molecule has 6 nitrogen and oxygen atoms in total. The number of hydrogen-bond donors (Lipinski definition) is 2. The zero-order valence-electron chi connectivity index (χ0n) is 13.1. The predicted molar refractivity (Wildman–Crippen MR) is 85.4 cm³/mol. The van der Waals surface area contributed by atoms with Crippen LogP contribution < -0.4 is 20.1 Å². The van der Waals surface area contributed by atoms with Gasteiger partial charge >= 0.3 is 0 Å². The minimum absolute atomic E-state index is 0.0839. The zero-order chi connectivity index (χ0) is 16.1. The second kappa shape index (κ2) is 7.35. The summed E-state index contributed by atoms with van der Waals surface area (Å²) >= 11 is 0. The molecule has 3 rings (SSSR count). The Kier molecular flexibility index (Phi) is 5.00. The minimum atomic E-state index is -0.132. The normalized spacial score (nSPS) is 16.9. The average molecular weight is 318 g/mol. The van der Waals surface area contributed by atoms with Gasteiger partial charge in [-0.2, -0.15) is 0 Å². The fraction of sp³-hybridized carbons (Fsp3) is 0.529. The highest BCUT2D eigenvalue weighted by atomic mass is 16.7. The molecule has 6 heteroatoms. The van der Waals surface area contributed by atoms with Gasteiger partial charge in [0.2, 0.25) is 18.6 Å². The molecule has 1 aliphatic carbocycles. The molecule has 1 heterocycles. The zero-order valence-corrected chi connectivity index (χ0v) is 13.1. The smallest absolute Gasteiger partial charge is 0.231 e. The topological polar surface area (TPSA) is 76.7 Å². The van der Waals surface area contributed by atoms with Gasteiger partial charge in [0.15, 0.2) is 11.5 Å². The first-order valence-electron chi connectivity index (χ1n) is 8.19. The van der Waals surface area contributed by atoms with Crippen molar-refractivity contribution in [1.82, 2.24) is 5.32 Å². The SMILES string of the molecule is O=C(CCNC(=O)C1CCCCC1)Nc1ccc2c(c1)OCO2. The fourth-order valence-corrected chi connectivity index (χ4v) is 3.01. The van der Waals surface area contributed by atoms with Gasteiger partial charge in [0.05, 0.1) is 0 Å². The van der Waals surface area contributed by atoms with Crippen molar-refractivity contribution in [1.29, 1.82) is 0 Å². The predicted octanol–water partition coefficient (Wildman–Crippen LogP) is 2.44. The van der Waals surface area contributed by atoms with E-state index in [9.17, 15) is 9.59 Å². The van der Waals surface area contributed by atoms with Gasteiger partial charge in [0, 0.05) is 30.6 Å².